The van der Waals surface area contributed by atoms with E-state index in [0.717, 1.165) is 0 Å². The summed E-state index contributed by atoms with van der Waals surface area (Å²) in [7, 11) is 0. The molecule has 1 atom stereocenters. The van der Waals surface area contributed by atoms with E-state index in [9.17, 15) is 13.2 Å². The molecule has 0 saturated heterocycles. The summed E-state index contributed by atoms with van der Waals surface area (Å²) in [4.78, 5) is 0. The van der Waals surface area contributed by atoms with Crippen LogP contribution in [-0.2, 0) is 0 Å². The van der Waals surface area contributed by atoms with E-state index in [1.165, 1.54) is 5.92 Å². The van der Waals surface area contributed by atoms with Gasteiger partial charge >= 0.3 is 6.18 Å². The van der Waals surface area contributed by atoms with Crippen LogP contribution in [0.4, 0.5) is 13.2 Å². The van der Waals surface area contributed by atoms with Crippen molar-refractivity contribution >= 4 is 0 Å². The molecular formula is C12H12F3N. The largest absolute Gasteiger partial charge is 0.458 e. The second kappa shape index (κ2) is 5.04. The third-order valence-corrected chi connectivity index (χ3v) is 2.14. The van der Waals surface area contributed by atoms with Gasteiger partial charge in [-0.1, -0.05) is 31.0 Å². The van der Waals surface area contributed by atoms with Crippen LogP contribution in [0.2, 0.25) is 0 Å². The Morgan fingerprint density at radius 1 is 1.31 bits per heavy atom. The Hall–Kier alpha value is -1.47. The summed E-state index contributed by atoms with van der Waals surface area (Å²) in [6.45, 7) is 1.87. The highest BCUT2D eigenvalue weighted by Crippen LogP contribution is 2.19. The van der Waals surface area contributed by atoms with Gasteiger partial charge < -0.3 is 5.73 Å². The monoisotopic (exact) mass is 227 g/mol. The second-order valence-corrected chi connectivity index (χ2v) is 3.35. The lowest BCUT2D eigenvalue weighted by Gasteiger charge is -2.11. The van der Waals surface area contributed by atoms with E-state index in [4.69, 9.17) is 5.73 Å². The maximum Gasteiger partial charge on any atom is 0.458 e. The van der Waals surface area contributed by atoms with Gasteiger partial charge in [0, 0.05) is 17.5 Å². The summed E-state index contributed by atoms with van der Waals surface area (Å²) in [5, 5.41) is 0. The normalized spacial score (nSPS) is 12.8. The first kappa shape index (κ1) is 12.6. The Morgan fingerprint density at radius 2 is 1.94 bits per heavy atom. The van der Waals surface area contributed by atoms with Gasteiger partial charge in [-0.3, -0.25) is 0 Å². The van der Waals surface area contributed by atoms with E-state index in [1.807, 2.05) is 6.92 Å². The fraction of sp³-hybridized carbons (Fsp3) is 0.333. The van der Waals surface area contributed by atoms with Crippen LogP contribution in [0.3, 0.4) is 0 Å². The first-order chi connectivity index (χ1) is 7.44. The Labute approximate surface area is 92.5 Å². The second-order valence-electron chi connectivity index (χ2n) is 3.35. The van der Waals surface area contributed by atoms with Gasteiger partial charge in [0.05, 0.1) is 0 Å². The number of nitrogens with two attached hydrogens (primary N) is 1. The highest BCUT2D eigenvalue weighted by Gasteiger charge is 2.23. The van der Waals surface area contributed by atoms with Gasteiger partial charge in [0.15, 0.2) is 0 Å². The topological polar surface area (TPSA) is 26.0 Å². The number of benzene rings is 1. The molecule has 0 fully saturated rings. The summed E-state index contributed by atoms with van der Waals surface area (Å²) >= 11 is 0. The molecule has 0 aliphatic rings. The smallest absolute Gasteiger partial charge is 0.324 e. The van der Waals surface area contributed by atoms with Crippen LogP contribution in [0.25, 0.3) is 0 Å². The fourth-order valence-electron chi connectivity index (χ4n) is 1.29. The molecule has 16 heavy (non-hydrogen) atoms. The molecule has 86 valence electrons. The summed E-state index contributed by atoms with van der Waals surface area (Å²) < 4.78 is 35.9. The lowest BCUT2D eigenvalue weighted by Crippen LogP contribution is -2.10. The Morgan fingerprint density at radius 3 is 2.50 bits per heavy atom. The molecule has 0 heterocycles. The molecule has 1 aromatic rings. The predicted molar refractivity (Wildman–Crippen MR) is 56.6 cm³/mol. The van der Waals surface area contributed by atoms with E-state index in [1.54, 1.807) is 24.3 Å². The Balaban J connectivity index is 3.08. The quantitative estimate of drug-likeness (QED) is 0.772. The average molecular weight is 227 g/mol. The highest BCUT2D eigenvalue weighted by molar-refractivity contribution is 5.43. The van der Waals surface area contributed by atoms with Gasteiger partial charge in [-0.05, 0) is 18.1 Å². The van der Waals surface area contributed by atoms with Gasteiger partial charge in [-0.15, -0.1) is 0 Å². The Bertz CT molecular complexity index is 412. The van der Waals surface area contributed by atoms with Crippen molar-refractivity contribution in [3.63, 3.8) is 0 Å². The summed E-state index contributed by atoms with van der Waals surface area (Å²) in [6.07, 6.45) is -3.81. The van der Waals surface area contributed by atoms with Gasteiger partial charge in [0.2, 0.25) is 0 Å². The van der Waals surface area contributed by atoms with Crippen LogP contribution in [0.5, 0.6) is 0 Å². The molecule has 0 amide bonds. The molecule has 0 aliphatic heterocycles. The van der Waals surface area contributed by atoms with Crippen LogP contribution < -0.4 is 5.73 Å². The number of rotatable bonds is 2. The Kier molecular flexibility index (Phi) is 3.97. The van der Waals surface area contributed by atoms with E-state index >= 15 is 0 Å². The minimum absolute atomic E-state index is 0.279. The molecular weight excluding hydrogens is 215 g/mol. The van der Waals surface area contributed by atoms with Crippen LogP contribution in [0.15, 0.2) is 24.3 Å². The molecule has 1 nitrogen and oxygen atoms in total. The van der Waals surface area contributed by atoms with E-state index in [2.05, 4.69) is 5.92 Å². The summed E-state index contributed by atoms with van der Waals surface area (Å²) in [5.41, 5.74) is 6.78. The van der Waals surface area contributed by atoms with E-state index in [-0.39, 0.29) is 6.04 Å². The third-order valence-electron chi connectivity index (χ3n) is 2.14. The minimum Gasteiger partial charge on any atom is -0.324 e. The third kappa shape index (κ3) is 3.59. The lowest BCUT2D eigenvalue weighted by molar-refractivity contribution is -0.0696. The molecule has 0 radical (unpaired) electrons. The van der Waals surface area contributed by atoms with Gasteiger partial charge in [-0.2, -0.15) is 13.2 Å². The van der Waals surface area contributed by atoms with Crippen molar-refractivity contribution in [2.75, 3.05) is 0 Å². The van der Waals surface area contributed by atoms with Crippen molar-refractivity contribution in [2.45, 2.75) is 25.6 Å². The minimum atomic E-state index is -4.47. The average Bonchev–Trinajstić information content (AvgIpc) is 2.25. The molecule has 1 unspecified atom stereocenters. The molecule has 1 aromatic carbocycles. The summed E-state index contributed by atoms with van der Waals surface area (Å²) in [6, 6.07) is 6.35. The number of hydrogen-bond donors (Lipinski definition) is 1. The van der Waals surface area contributed by atoms with Crippen molar-refractivity contribution < 1.29 is 13.2 Å². The SMILES string of the molecule is CCC(N)c1ccccc1C#CC(F)(F)F. The fourth-order valence-corrected chi connectivity index (χ4v) is 1.29. The van der Waals surface area contributed by atoms with Crippen molar-refractivity contribution in [3.8, 4) is 11.8 Å². The maximum absolute atomic E-state index is 12.0. The number of hydrogen-bond acceptors (Lipinski definition) is 1. The van der Waals surface area contributed by atoms with Crippen LogP contribution in [0, 0.1) is 11.8 Å². The molecule has 0 spiro atoms. The van der Waals surface area contributed by atoms with Crippen molar-refractivity contribution in [2.24, 2.45) is 5.73 Å². The zero-order valence-electron chi connectivity index (χ0n) is 8.81. The molecule has 4 heteroatoms. The van der Waals surface area contributed by atoms with Gasteiger partial charge in [-0.25, -0.2) is 0 Å². The van der Waals surface area contributed by atoms with Crippen molar-refractivity contribution in [3.05, 3.63) is 35.4 Å². The van der Waals surface area contributed by atoms with Crippen molar-refractivity contribution in [1.82, 2.24) is 0 Å². The molecule has 0 aromatic heterocycles. The standard InChI is InChI=1S/C12H12F3N/c1-2-11(16)10-6-4-3-5-9(10)7-8-12(13,14)15/h3-6,11H,2,16H2,1H3. The number of halogens is 3. The van der Waals surface area contributed by atoms with E-state index in [0.29, 0.717) is 17.5 Å². The molecule has 1 rings (SSSR count). The first-order valence-corrected chi connectivity index (χ1v) is 4.88. The molecule has 0 saturated carbocycles. The maximum atomic E-state index is 12.0. The summed E-state index contributed by atoms with van der Waals surface area (Å²) in [5.74, 6) is 3.37. The molecule has 2 N–H and O–H groups in total. The highest BCUT2D eigenvalue weighted by atomic mass is 19.4. The zero-order chi connectivity index (χ0) is 12.2. The predicted octanol–water partition coefficient (Wildman–Crippen LogP) is 3.01. The zero-order valence-corrected chi connectivity index (χ0v) is 8.81. The van der Waals surface area contributed by atoms with E-state index < -0.39 is 6.18 Å². The lowest BCUT2D eigenvalue weighted by atomic mass is 9.99. The van der Waals surface area contributed by atoms with Crippen LogP contribution in [-0.4, -0.2) is 6.18 Å². The first-order valence-electron chi connectivity index (χ1n) is 4.88. The van der Waals surface area contributed by atoms with Gasteiger partial charge in [0.1, 0.15) is 0 Å². The van der Waals surface area contributed by atoms with Gasteiger partial charge in [0.25, 0.3) is 0 Å². The van der Waals surface area contributed by atoms with Crippen LogP contribution >= 0.6 is 0 Å². The van der Waals surface area contributed by atoms with Crippen molar-refractivity contribution in [1.29, 1.82) is 0 Å². The molecule has 0 bridgehead atoms. The molecule has 0 aliphatic carbocycles. The van der Waals surface area contributed by atoms with Crippen LogP contribution in [0.1, 0.15) is 30.5 Å². The number of alkyl halides is 3.